The van der Waals surface area contributed by atoms with Crippen LogP contribution in [0.25, 0.3) is 10.1 Å². The maximum Gasteiger partial charge on any atom is 0.188 e. The molecule has 1 heterocycles. The van der Waals surface area contributed by atoms with Crippen molar-refractivity contribution in [2.24, 2.45) is 0 Å². The van der Waals surface area contributed by atoms with E-state index < -0.39 is 5.13 Å². The summed E-state index contributed by atoms with van der Waals surface area (Å²) < 4.78 is 13.9. The lowest BCUT2D eigenvalue weighted by atomic mass is 10.2. The standard InChI is InChI=1S/C9H5FOS2/c10-9-6(4-11)5-2-1-3-7(12)8(5)13-9/h1-4,12H. The van der Waals surface area contributed by atoms with Crippen LogP contribution in [0.1, 0.15) is 10.4 Å². The average Bonchev–Trinajstić information content (AvgIpc) is 2.43. The summed E-state index contributed by atoms with van der Waals surface area (Å²) in [5.41, 5.74) is 0.135. The molecule has 2 rings (SSSR count). The van der Waals surface area contributed by atoms with Crippen LogP contribution in [0.2, 0.25) is 0 Å². The van der Waals surface area contributed by atoms with Crippen LogP contribution in [-0.2, 0) is 0 Å². The van der Waals surface area contributed by atoms with Crippen molar-refractivity contribution in [1.82, 2.24) is 0 Å². The average molecular weight is 212 g/mol. The molecule has 1 aromatic carbocycles. The molecule has 1 aromatic heterocycles. The Morgan fingerprint density at radius 1 is 1.46 bits per heavy atom. The van der Waals surface area contributed by atoms with Crippen molar-refractivity contribution < 1.29 is 9.18 Å². The van der Waals surface area contributed by atoms with Gasteiger partial charge in [-0.1, -0.05) is 12.1 Å². The summed E-state index contributed by atoms with van der Waals surface area (Å²) in [5.74, 6) is 0. The van der Waals surface area contributed by atoms with Gasteiger partial charge in [0.1, 0.15) is 0 Å². The Balaban J connectivity index is 2.93. The highest BCUT2D eigenvalue weighted by Gasteiger charge is 2.11. The molecule has 0 bridgehead atoms. The normalized spacial score (nSPS) is 10.6. The number of halogens is 1. The smallest absolute Gasteiger partial charge is 0.188 e. The first-order valence-electron chi connectivity index (χ1n) is 3.59. The van der Waals surface area contributed by atoms with Crippen LogP contribution in [0.3, 0.4) is 0 Å². The number of carbonyl (C=O) groups excluding carboxylic acids is 1. The molecule has 0 unspecified atom stereocenters. The van der Waals surface area contributed by atoms with Gasteiger partial charge in [0.05, 0.1) is 10.3 Å². The number of aldehydes is 1. The molecule has 0 fully saturated rings. The maximum absolute atomic E-state index is 13.1. The fourth-order valence-corrected chi connectivity index (χ4v) is 2.46. The molecule has 0 radical (unpaired) electrons. The van der Waals surface area contributed by atoms with E-state index in [1.807, 2.05) is 0 Å². The molecule has 13 heavy (non-hydrogen) atoms. The molecule has 0 aliphatic carbocycles. The third kappa shape index (κ3) is 1.26. The zero-order chi connectivity index (χ0) is 9.42. The molecule has 0 aliphatic heterocycles. The van der Waals surface area contributed by atoms with Gasteiger partial charge in [0.2, 0.25) is 0 Å². The topological polar surface area (TPSA) is 17.1 Å². The second-order valence-electron chi connectivity index (χ2n) is 2.56. The summed E-state index contributed by atoms with van der Waals surface area (Å²) in [6.07, 6.45) is 0.543. The van der Waals surface area contributed by atoms with Gasteiger partial charge in [-0.2, -0.15) is 4.39 Å². The highest BCUT2D eigenvalue weighted by molar-refractivity contribution is 7.80. The molecule has 0 N–H and O–H groups in total. The van der Waals surface area contributed by atoms with Gasteiger partial charge >= 0.3 is 0 Å². The van der Waals surface area contributed by atoms with Gasteiger partial charge in [0.25, 0.3) is 0 Å². The monoisotopic (exact) mass is 212 g/mol. The minimum absolute atomic E-state index is 0.135. The van der Waals surface area contributed by atoms with Crippen LogP contribution in [-0.4, -0.2) is 6.29 Å². The molecular weight excluding hydrogens is 207 g/mol. The molecule has 0 atom stereocenters. The van der Waals surface area contributed by atoms with Gasteiger partial charge in [-0.15, -0.1) is 24.0 Å². The van der Waals surface area contributed by atoms with E-state index in [2.05, 4.69) is 12.6 Å². The number of hydrogen-bond acceptors (Lipinski definition) is 3. The Kier molecular flexibility index (Phi) is 2.09. The molecule has 0 spiro atoms. The summed E-state index contributed by atoms with van der Waals surface area (Å²) >= 11 is 5.13. The van der Waals surface area contributed by atoms with Crippen molar-refractivity contribution in [2.45, 2.75) is 4.90 Å². The van der Waals surface area contributed by atoms with Gasteiger partial charge in [-0.05, 0) is 6.07 Å². The van der Waals surface area contributed by atoms with Crippen LogP contribution in [0.5, 0.6) is 0 Å². The van der Waals surface area contributed by atoms with E-state index >= 15 is 0 Å². The third-order valence-corrected chi connectivity index (χ3v) is 3.37. The molecule has 66 valence electrons. The summed E-state index contributed by atoms with van der Waals surface area (Å²) in [7, 11) is 0. The molecule has 2 aromatic rings. The Bertz CT molecular complexity index is 476. The van der Waals surface area contributed by atoms with E-state index in [4.69, 9.17) is 0 Å². The largest absolute Gasteiger partial charge is 0.298 e. The lowest BCUT2D eigenvalue weighted by molar-refractivity contribution is 0.112. The number of fused-ring (bicyclic) bond motifs is 1. The van der Waals surface area contributed by atoms with E-state index in [1.165, 1.54) is 0 Å². The van der Waals surface area contributed by atoms with Gasteiger partial charge in [-0.25, -0.2) is 0 Å². The van der Waals surface area contributed by atoms with Crippen LogP contribution in [0.4, 0.5) is 4.39 Å². The van der Waals surface area contributed by atoms with E-state index in [1.54, 1.807) is 18.2 Å². The molecule has 0 aliphatic rings. The van der Waals surface area contributed by atoms with Crippen molar-refractivity contribution in [1.29, 1.82) is 0 Å². The maximum atomic E-state index is 13.1. The molecule has 1 nitrogen and oxygen atoms in total. The molecule has 0 amide bonds. The van der Waals surface area contributed by atoms with Crippen LogP contribution in [0, 0.1) is 5.13 Å². The summed E-state index contributed by atoms with van der Waals surface area (Å²) in [6, 6.07) is 5.25. The number of hydrogen-bond donors (Lipinski definition) is 1. The highest BCUT2D eigenvalue weighted by Crippen LogP contribution is 2.32. The zero-order valence-electron chi connectivity index (χ0n) is 6.45. The van der Waals surface area contributed by atoms with Crippen molar-refractivity contribution in [3.8, 4) is 0 Å². The SMILES string of the molecule is O=Cc1c(F)sc2c(S)cccc12. The van der Waals surface area contributed by atoms with Crippen LogP contribution in [0.15, 0.2) is 23.1 Å². The molecule has 0 saturated carbocycles. The number of benzene rings is 1. The van der Waals surface area contributed by atoms with Crippen LogP contribution < -0.4 is 0 Å². The lowest BCUT2D eigenvalue weighted by Crippen LogP contribution is -1.78. The minimum atomic E-state index is -0.438. The second kappa shape index (κ2) is 3.12. The number of thiol groups is 1. The van der Waals surface area contributed by atoms with Crippen molar-refractivity contribution >= 4 is 40.3 Å². The summed E-state index contributed by atoms with van der Waals surface area (Å²) in [4.78, 5) is 11.3. The summed E-state index contributed by atoms with van der Waals surface area (Å²) in [6.45, 7) is 0. The third-order valence-electron chi connectivity index (χ3n) is 1.81. The predicted molar refractivity (Wildman–Crippen MR) is 54.4 cm³/mol. The summed E-state index contributed by atoms with van der Waals surface area (Å²) in [5, 5.41) is 0.205. The lowest BCUT2D eigenvalue weighted by Gasteiger charge is -1.92. The van der Waals surface area contributed by atoms with Crippen molar-refractivity contribution in [2.75, 3.05) is 0 Å². The Labute approximate surface area is 83.6 Å². The first kappa shape index (κ1) is 8.72. The fourth-order valence-electron chi connectivity index (χ4n) is 1.20. The fraction of sp³-hybridized carbons (Fsp3) is 0. The Hall–Kier alpha value is -0.870. The Morgan fingerprint density at radius 2 is 2.23 bits per heavy atom. The second-order valence-corrected chi connectivity index (χ2v) is 4.01. The predicted octanol–water partition coefficient (Wildman–Crippen LogP) is 3.14. The van der Waals surface area contributed by atoms with E-state index in [0.717, 1.165) is 16.0 Å². The van der Waals surface area contributed by atoms with E-state index in [0.29, 0.717) is 16.6 Å². The number of thiophene rings is 1. The van der Waals surface area contributed by atoms with Crippen LogP contribution >= 0.6 is 24.0 Å². The first-order valence-corrected chi connectivity index (χ1v) is 4.85. The molecule has 4 heteroatoms. The highest BCUT2D eigenvalue weighted by atomic mass is 32.1. The molecule has 0 saturated heterocycles. The van der Waals surface area contributed by atoms with Gasteiger partial charge in [0.15, 0.2) is 11.4 Å². The van der Waals surface area contributed by atoms with Crippen molar-refractivity contribution in [3.05, 3.63) is 28.9 Å². The number of carbonyl (C=O) groups is 1. The van der Waals surface area contributed by atoms with E-state index in [9.17, 15) is 9.18 Å². The van der Waals surface area contributed by atoms with Crippen molar-refractivity contribution in [3.63, 3.8) is 0 Å². The minimum Gasteiger partial charge on any atom is -0.298 e. The zero-order valence-corrected chi connectivity index (χ0v) is 8.16. The quantitative estimate of drug-likeness (QED) is 0.567. The van der Waals surface area contributed by atoms with E-state index in [-0.39, 0.29) is 5.56 Å². The van der Waals surface area contributed by atoms with Gasteiger partial charge in [-0.3, -0.25) is 4.79 Å². The molecular formula is C9H5FOS2. The Morgan fingerprint density at radius 3 is 2.92 bits per heavy atom. The number of rotatable bonds is 1. The van der Waals surface area contributed by atoms with Gasteiger partial charge < -0.3 is 0 Å². The van der Waals surface area contributed by atoms with Gasteiger partial charge in [0, 0.05) is 10.3 Å². The first-order chi connectivity index (χ1) is 6.24.